The lowest BCUT2D eigenvalue weighted by Gasteiger charge is -2.24. The lowest BCUT2D eigenvalue weighted by Crippen LogP contribution is -2.21. The molecule has 1 aliphatic rings. The molecule has 1 aromatic carbocycles. The number of hydrogen-bond donors (Lipinski definition) is 0. The molecule has 0 spiro atoms. The first-order chi connectivity index (χ1) is 7.79. The Bertz CT molecular complexity index is 408. The molecule has 0 atom stereocenters. The number of allylic oxidation sites excluding steroid dienone is 2. The first-order valence-electron chi connectivity index (χ1n) is 5.20. The fraction of sp³-hybridized carbons (Fsp3) is 0.231. The summed E-state index contributed by atoms with van der Waals surface area (Å²) in [6, 6.07) is 8.04. The lowest BCUT2D eigenvalue weighted by molar-refractivity contribution is 0.391. The van der Waals surface area contributed by atoms with E-state index in [0.29, 0.717) is 0 Å². The van der Waals surface area contributed by atoms with Gasteiger partial charge in [-0.05, 0) is 23.8 Å². The van der Waals surface area contributed by atoms with Crippen molar-refractivity contribution in [2.75, 3.05) is 13.7 Å². The molecule has 0 saturated carbocycles. The summed E-state index contributed by atoms with van der Waals surface area (Å²) in [6.45, 7) is 1.69. The molecule has 1 aliphatic heterocycles. The number of ether oxygens (including phenoxy) is 1. The lowest BCUT2D eigenvalue weighted by atomic mass is 10.2. The van der Waals surface area contributed by atoms with E-state index in [0.717, 1.165) is 24.0 Å². The number of rotatable bonds is 3. The zero-order valence-electron chi connectivity index (χ0n) is 9.19. The average molecular weight is 236 g/mol. The van der Waals surface area contributed by atoms with Crippen LogP contribution in [0.25, 0.3) is 0 Å². The fourth-order valence-corrected chi connectivity index (χ4v) is 1.82. The fourth-order valence-electron chi connectivity index (χ4n) is 1.62. The van der Waals surface area contributed by atoms with Crippen molar-refractivity contribution in [1.82, 2.24) is 4.90 Å². The van der Waals surface area contributed by atoms with Gasteiger partial charge in [0.15, 0.2) is 0 Å². The number of methoxy groups -OCH3 is 1. The molecule has 0 amide bonds. The van der Waals surface area contributed by atoms with Gasteiger partial charge in [-0.15, -0.1) is 0 Å². The van der Waals surface area contributed by atoms with Crippen LogP contribution in [-0.2, 0) is 6.54 Å². The van der Waals surface area contributed by atoms with E-state index in [2.05, 4.69) is 23.1 Å². The molecule has 0 bridgehead atoms. The van der Waals surface area contributed by atoms with Gasteiger partial charge in [-0.2, -0.15) is 0 Å². The van der Waals surface area contributed by atoms with Crippen LogP contribution in [0.4, 0.5) is 0 Å². The second-order valence-corrected chi connectivity index (χ2v) is 4.03. The Morgan fingerprint density at radius 2 is 2.06 bits per heavy atom. The highest BCUT2D eigenvalue weighted by Crippen LogP contribution is 2.19. The van der Waals surface area contributed by atoms with Crippen LogP contribution >= 0.6 is 11.6 Å². The van der Waals surface area contributed by atoms with Gasteiger partial charge in [0.05, 0.1) is 7.11 Å². The Hall–Kier alpha value is -1.41. The van der Waals surface area contributed by atoms with Crippen LogP contribution in [0.2, 0.25) is 0 Å². The van der Waals surface area contributed by atoms with Crippen molar-refractivity contribution in [2.24, 2.45) is 0 Å². The highest BCUT2D eigenvalue weighted by molar-refractivity contribution is 6.29. The molecular weight excluding hydrogens is 222 g/mol. The molecule has 2 rings (SSSR count). The quantitative estimate of drug-likeness (QED) is 0.747. The van der Waals surface area contributed by atoms with Gasteiger partial charge in [0.25, 0.3) is 0 Å². The largest absolute Gasteiger partial charge is 0.497 e. The van der Waals surface area contributed by atoms with Crippen molar-refractivity contribution >= 4 is 11.6 Å². The minimum atomic E-state index is 0.790. The Labute approximate surface area is 101 Å². The molecule has 1 heterocycles. The van der Waals surface area contributed by atoms with Crippen LogP contribution in [0.5, 0.6) is 5.75 Å². The van der Waals surface area contributed by atoms with E-state index in [-0.39, 0.29) is 0 Å². The molecule has 0 fully saturated rings. The molecule has 1 aromatic rings. The Kier molecular flexibility index (Phi) is 3.52. The molecule has 0 aliphatic carbocycles. The van der Waals surface area contributed by atoms with Crippen molar-refractivity contribution < 1.29 is 4.74 Å². The highest BCUT2D eigenvalue weighted by Gasteiger charge is 2.08. The van der Waals surface area contributed by atoms with Gasteiger partial charge in [0, 0.05) is 13.1 Å². The van der Waals surface area contributed by atoms with Crippen LogP contribution in [-0.4, -0.2) is 18.6 Å². The van der Waals surface area contributed by atoms with Crippen molar-refractivity contribution in [3.05, 3.63) is 53.2 Å². The maximum Gasteiger partial charge on any atom is 0.118 e. The highest BCUT2D eigenvalue weighted by atomic mass is 35.5. The summed E-state index contributed by atoms with van der Waals surface area (Å²) < 4.78 is 5.12. The van der Waals surface area contributed by atoms with Gasteiger partial charge < -0.3 is 9.64 Å². The predicted octanol–water partition coefficient (Wildman–Crippen LogP) is 3.15. The predicted molar refractivity (Wildman–Crippen MR) is 66.5 cm³/mol. The van der Waals surface area contributed by atoms with Crippen molar-refractivity contribution in [3.8, 4) is 5.75 Å². The van der Waals surface area contributed by atoms with E-state index in [1.165, 1.54) is 5.56 Å². The van der Waals surface area contributed by atoms with Crippen molar-refractivity contribution in [3.63, 3.8) is 0 Å². The van der Waals surface area contributed by atoms with E-state index in [9.17, 15) is 0 Å². The molecule has 0 N–H and O–H groups in total. The Morgan fingerprint density at radius 1 is 1.31 bits per heavy atom. The van der Waals surface area contributed by atoms with Crippen LogP contribution in [0.1, 0.15) is 5.56 Å². The first kappa shape index (κ1) is 11.1. The van der Waals surface area contributed by atoms with E-state index in [4.69, 9.17) is 16.3 Å². The molecule has 0 unspecified atom stereocenters. The zero-order valence-corrected chi connectivity index (χ0v) is 9.95. The summed E-state index contributed by atoms with van der Waals surface area (Å²) in [5, 5.41) is 0.790. The third kappa shape index (κ3) is 2.58. The summed E-state index contributed by atoms with van der Waals surface area (Å²) in [5.74, 6) is 0.879. The summed E-state index contributed by atoms with van der Waals surface area (Å²) >= 11 is 6.10. The second-order valence-electron chi connectivity index (χ2n) is 3.65. The molecular formula is C13H14ClNO. The van der Waals surface area contributed by atoms with Gasteiger partial charge >= 0.3 is 0 Å². The topological polar surface area (TPSA) is 12.5 Å². The smallest absolute Gasteiger partial charge is 0.118 e. The summed E-state index contributed by atoms with van der Waals surface area (Å²) in [5.41, 5.74) is 1.22. The third-order valence-electron chi connectivity index (χ3n) is 2.53. The summed E-state index contributed by atoms with van der Waals surface area (Å²) in [7, 11) is 1.67. The number of nitrogens with zero attached hydrogens (tertiary/aromatic N) is 1. The van der Waals surface area contributed by atoms with Crippen molar-refractivity contribution in [1.29, 1.82) is 0 Å². The molecule has 2 nitrogen and oxygen atoms in total. The minimum absolute atomic E-state index is 0.790. The summed E-state index contributed by atoms with van der Waals surface area (Å²) in [4.78, 5) is 2.11. The normalized spacial score (nSPS) is 14.9. The molecule has 84 valence electrons. The number of halogens is 1. The maximum atomic E-state index is 6.10. The molecule has 3 heteroatoms. The van der Waals surface area contributed by atoms with Gasteiger partial charge in [-0.1, -0.05) is 35.9 Å². The van der Waals surface area contributed by atoms with Crippen LogP contribution in [0.15, 0.2) is 47.6 Å². The Morgan fingerprint density at radius 3 is 2.69 bits per heavy atom. The van der Waals surface area contributed by atoms with E-state index >= 15 is 0 Å². The number of benzene rings is 1. The van der Waals surface area contributed by atoms with Gasteiger partial charge in [-0.25, -0.2) is 0 Å². The minimum Gasteiger partial charge on any atom is -0.497 e. The second kappa shape index (κ2) is 5.08. The molecule has 0 radical (unpaired) electrons. The van der Waals surface area contributed by atoms with Crippen LogP contribution < -0.4 is 4.74 Å². The van der Waals surface area contributed by atoms with E-state index < -0.39 is 0 Å². The van der Waals surface area contributed by atoms with Gasteiger partial charge in [0.2, 0.25) is 0 Å². The number of hydrogen-bond acceptors (Lipinski definition) is 2. The van der Waals surface area contributed by atoms with Crippen molar-refractivity contribution in [2.45, 2.75) is 6.54 Å². The zero-order chi connectivity index (χ0) is 11.4. The first-order valence-corrected chi connectivity index (χ1v) is 5.57. The molecule has 0 aromatic heterocycles. The standard InChI is InChI=1S/C13H14ClNO/c1-16-12-7-5-11(6-8-12)10-15-9-3-2-4-13(15)14/h2-8H,9-10H2,1H3. The Balaban J connectivity index is 2.03. The van der Waals surface area contributed by atoms with Crippen LogP contribution in [0, 0.1) is 0 Å². The van der Waals surface area contributed by atoms with Gasteiger partial charge in [-0.3, -0.25) is 0 Å². The average Bonchev–Trinajstić information content (AvgIpc) is 2.33. The van der Waals surface area contributed by atoms with Crippen LogP contribution in [0.3, 0.4) is 0 Å². The molecule has 16 heavy (non-hydrogen) atoms. The SMILES string of the molecule is COc1ccc(CN2CC=CC=C2Cl)cc1. The molecule has 0 saturated heterocycles. The van der Waals surface area contributed by atoms with E-state index in [1.807, 2.05) is 24.3 Å². The monoisotopic (exact) mass is 235 g/mol. The summed E-state index contributed by atoms with van der Waals surface area (Å²) in [6.07, 6.45) is 5.98. The maximum absolute atomic E-state index is 6.10. The van der Waals surface area contributed by atoms with Gasteiger partial charge in [0.1, 0.15) is 10.9 Å². The van der Waals surface area contributed by atoms with E-state index in [1.54, 1.807) is 7.11 Å². The third-order valence-corrected chi connectivity index (χ3v) is 2.90.